The van der Waals surface area contributed by atoms with Crippen molar-refractivity contribution in [2.75, 3.05) is 11.4 Å². The number of carbonyl (C=O) groups is 1. The molecule has 2 nitrogen and oxygen atoms in total. The summed E-state index contributed by atoms with van der Waals surface area (Å²) in [5.74, 6) is 0.741. The lowest BCUT2D eigenvalue weighted by atomic mass is 9.80. The van der Waals surface area contributed by atoms with Gasteiger partial charge in [-0.3, -0.25) is 4.79 Å². The molecule has 2 rings (SSSR count). The zero-order valence-electron chi connectivity index (χ0n) is 11.2. The highest BCUT2D eigenvalue weighted by Gasteiger charge is 2.38. The average Bonchev–Trinajstić information content (AvgIpc) is 2.24. The predicted octanol–water partition coefficient (Wildman–Crippen LogP) is 3.26. The van der Waals surface area contributed by atoms with Crippen LogP contribution < -0.4 is 4.90 Å². The number of hydrogen-bond acceptors (Lipinski definition) is 1. The third-order valence-corrected chi connectivity index (χ3v) is 3.29. The normalized spacial score (nSPS) is 18.4. The largest absolute Gasteiger partial charge is 0.311 e. The number of nitrogens with zero attached hydrogens (tertiary/aromatic N) is 1. The summed E-state index contributed by atoms with van der Waals surface area (Å²) < 4.78 is 0. The number of rotatable bonds is 2. The Kier molecular flexibility index (Phi) is 2.98. The van der Waals surface area contributed by atoms with Gasteiger partial charge in [0.2, 0.25) is 5.91 Å². The topological polar surface area (TPSA) is 20.3 Å². The first-order valence-corrected chi connectivity index (χ1v) is 6.31. The van der Waals surface area contributed by atoms with E-state index < -0.39 is 0 Å². The lowest BCUT2D eigenvalue weighted by Gasteiger charge is -2.39. The Bertz CT molecular complexity index is 434. The molecule has 0 bridgehead atoms. The molecule has 0 saturated carbocycles. The molecule has 0 aliphatic carbocycles. The highest BCUT2D eigenvalue weighted by Crippen LogP contribution is 2.37. The van der Waals surface area contributed by atoms with Gasteiger partial charge in [-0.15, -0.1) is 0 Å². The molecule has 1 aromatic rings. The number of amides is 1. The Balaban J connectivity index is 2.45. The Morgan fingerprint density at radius 3 is 2.59 bits per heavy atom. The van der Waals surface area contributed by atoms with Crippen molar-refractivity contribution in [3.05, 3.63) is 29.8 Å². The minimum absolute atomic E-state index is 0.255. The van der Waals surface area contributed by atoms with Gasteiger partial charge in [-0.05, 0) is 24.0 Å². The third-order valence-electron chi connectivity index (χ3n) is 3.29. The Labute approximate surface area is 104 Å². The maximum Gasteiger partial charge on any atom is 0.232 e. The van der Waals surface area contributed by atoms with E-state index in [-0.39, 0.29) is 11.3 Å². The standard InChI is InChI=1S/C15H21NO/c1-11(2)10-16-13-8-6-5-7-12(13)9-15(3,4)14(16)17/h5-8,11H,9-10H2,1-4H3. The lowest BCUT2D eigenvalue weighted by Crippen LogP contribution is -2.47. The van der Waals surface area contributed by atoms with E-state index in [1.165, 1.54) is 5.56 Å². The zero-order valence-corrected chi connectivity index (χ0v) is 11.2. The van der Waals surface area contributed by atoms with Crippen molar-refractivity contribution < 1.29 is 4.79 Å². The second-order valence-corrected chi connectivity index (χ2v) is 6.00. The first-order valence-electron chi connectivity index (χ1n) is 6.31. The van der Waals surface area contributed by atoms with Crippen LogP contribution >= 0.6 is 0 Å². The van der Waals surface area contributed by atoms with E-state index in [0.29, 0.717) is 5.92 Å². The van der Waals surface area contributed by atoms with Crippen LogP contribution in [0.3, 0.4) is 0 Å². The van der Waals surface area contributed by atoms with Crippen LogP contribution in [0.1, 0.15) is 33.3 Å². The second kappa shape index (κ2) is 4.17. The van der Waals surface area contributed by atoms with Gasteiger partial charge in [0.05, 0.1) is 0 Å². The smallest absolute Gasteiger partial charge is 0.232 e. The SMILES string of the molecule is CC(C)CN1C(=O)C(C)(C)Cc2ccccc21. The van der Waals surface area contributed by atoms with E-state index in [9.17, 15) is 4.79 Å². The Hall–Kier alpha value is -1.31. The molecule has 1 amide bonds. The minimum Gasteiger partial charge on any atom is -0.311 e. The molecule has 92 valence electrons. The van der Waals surface area contributed by atoms with E-state index in [1.54, 1.807) is 0 Å². The molecule has 0 fully saturated rings. The molecule has 1 heterocycles. The number of anilines is 1. The Morgan fingerprint density at radius 2 is 1.94 bits per heavy atom. The molecule has 0 spiro atoms. The van der Waals surface area contributed by atoms with E-state index in [0.717, 1.165) is 18.7 Å². The minimum atomic E-state index is -0.275. The summed E-state index contributed by atoms with van der Waals surface area (Å²) in [7, 11) is 0. The monoisotopic (exact) mass is 231 g/mol. The summed E-state index contributed by atoms with van der Waals surface area (Å²) >= 11 is 0. The van der Waals surface area contributed by atoms with Crippen molar-refractivity contribution in [1.82, 2.24) is 0 Å². The molecule has 1 aliphatic heterocycles. The van der Waals surface area contributed by atoms with Crippen LogP contribution in [0.4, 0.5) is 5.69 Å². The summed E-state index contributed by atoms with van der Waals surface area (Å²) in [6.07, 6.45) is 0.844. The van der Waals surface area contributed by atoms with Crippen LogP contribution in [0.5, 0.6) is 0 Å². The molecule has 0 saturated heterocycles. The van der Waals surface area contributed by atoms with Crippen molar-refractivity contribution >= 4 is 11.6 Å². The fourth-order valence-corrected chi connectivity index (χ4v) is 2.50. The van der Waals surface area contributed by atoms with E-state index >= 15 is 0 Å². The summed E-state index contributed by atoms with van der Waals surface area (Å²) in [6.45, 7) is 9.19. The van der Waals surface area contributed by atoms with Gasteiger partial charge in [-0.2, -0.15) is 0 Å². The molecule has 1 aromatic carbocycles. The molecule has 1 aliphatic rings. The molecule has 2 heteroatoms. The van der Waals surface area contributed by atoms with Crippen molar-refractivity contribution in [2.45, 2.75) is 34.1 Å². The molecule has 0 atom stereocenters. The van der Waals surface area contributed by atoms with Crippen LogP contribution in [0.25, 0.3) is 0 Å². The third kappa shape index (κ3) is 2.21. The van der Waals surface area contributed by atoms with E-state index in [1.807, 2.05) is 24.8 Å². The van der Waals surface area contributed by atoms with Crippen molar-refractivity contribution in [2.24, 2.45) is 11.3 Å². The van der Waals surface area contributed by atoms with E-state index in [4.69, 9.17) is 0 Å². The summed E-state index contributed by atoms with van der Waals surface area (Å²) in [6, 6.07) is 8.26. The Morgan fingerprint density at radius 1 is 1.29 bits per heavy atom. The van der Waals surface area contributed by atoms with Gasteiger partial charge in [-0.25, -0.2) is 0 Å². The molecule has 0 radical (unpaired) electrons. The molecular formula is C15H21NO. The van der Waals surface area contributed by atoms with E-state index in [2.05, 4.69) is 32.0 Å². The maximum atomic E-state index is 12.5. The van der Waals surface area contributed by atoms with Gasteiger partial charge < -0.3 is 4.90 Å². The van der Waals surface area contributed by atoms with Crippen LogP contribution in [0.15, 0.2) is 24.3 Å². The first-order chi connectivity index (χ1) is 7.92. The van der Waals surface area contributed by atoms with Gasteiger partial charge in [0, 0.05) is 17.6 Å². The quantitative estimate of drug-likeness (QED) is 0.765. The summed E-state index contributed by atoms with van der Waals surface area (Å²) in [5.41, 5.74) is 2.12. The van der Waals surface area contributed by atoms with Gasteiger partial charge in [0.25, 0.3) is 0 Å². The summed E-state index contributed by atoms with van der Waals surface area (Å²) in [5, 5.41) is 0. The number of benzene rings is 1. The second-order valence-electron chi connectivity index (χ2n) is 6.00. The number of fused-ring (bicyclic) bond motifs is 1. The molecule has 0 N–H and O–H groups in total. The number of para-hydroxylation sites is 1. The molecule has 17 heavy (non-hydrogen) atoms. The highest BCUT2D eigenvalue weighted by molar-refractivity contribution is 6.00. The molecular weight excluding hydrogens is 210 g/mol. The number of hydrogen-bond donors (Lipinski definition) is 0. The van der Waals surface area contributed by atoms with Crippen LogP contribution in [0.2, 0.25) is 0 Å². The van der Waals surface area contributed by atoms with Gasteiger partial charge in [0.15, 0.2) is 0 Å². The molecule has 0 unspecified atom stereocenters. The highest BCUT2D eigenvalue weighted by atomic mass is 16.2. The van der Waals surface area contributed by atoms with Crippen molar-refractivity contribution in [3.63, 3.8) is 0 Å². The zero-order chi connectivity index (χ0) is 12.6. The fraction of sp³-hybridized carbons (Fsp3) is 0.533. The van der Waals surface area contributed by atoms with Gasteiger partial charge in [0.1, 0.15) is 0 Å². The number of carbonyl (C=O) groups excluding carboxylic acids is 1. The fourth-order valence-electron chi connectivity index (χ4n) is 2.50. The van der Waals surface area contributed by atoms with Crippen molar-refractivity contribution in [1.29, 1.82) is 0 Å². The average molecular weight is 231 g/mol. The molecule has 0 aromatic heterocycles. The van der Waals surface area contributed by atoms with Gasteiger partial charge >= 0.3 is 0 Å². The van der Waals surface area contributed by atoms with Crippen molar-refractivity contribution in [3.8, 4) is 0 Å². The first kappa shape index (κ1) is 12.2. The predicted molar refractivity (Wildman–Crippen MR) is 71.1 cm³/mol. The lowest BCUT2D eigenvalue weighted by molar-refractivity contribution is -0.127. The van der Waals surface area contributed by atoms with Crippen LogP contribution in [-0.2, 0) is 11.2 Å². The van der Waals surface area contributed by atoms with Gasteiger partial charge in [-0.1, -0.05) is 45.9 Å². The summed E-state index contributed by atoms with van der Waals surface area (Å²) in [4.78, 5) is 14.4. The van der Waals surface area contributed by atoms with Crippen LogP contribution in [0, 0.1) is 11.3 Å². The van der Waals surface area contributed by atoms with Crippen LogP contribution in [-0.4, -0.2) is 12.5 Å². The maximum absolute atomic E-state index is 12.5.